The zero-order valence-electron chi connectivity index (χ0n) is 7.94. The Morgan fingerprint density at radius 2 is 1.94 bits per heavy atom. The van der Waals surface area contributed by atoms with Gasteiger partial charge in [0.2, 0.25) is 0 Å². The van der Waals surface area contributed by atoms with E-state index in [1.54, 1.807) is 0 Å². The average Bonchev–Trinajstić information content (AvgIpc) is 2.13. The van der Waals surface area contributed by atoms with Crippen LogP contribution in [-0.4, -0.2) is 12.0 Å². The van der Waals surface area contributed by atoms with Gasteiger partial charge in [-0.2, -0.15) is 13.2 Å². The largest absolute Gasteiger partial charge is 0.389 e. The Morgan fingerprint density at radius 3 is 2.44 bits per heavy atom. The van der Waals surface area contributed by atoms with Gasteiger partial charge in [-0.1, -0.05) is 11.6 Å². The molecular weight excluding hydrogens is 248 g/mol. The molecule has 0 unspecified atom stereocenters. The molecule has 0 radical (unpaired) electrons. The van der Waals surface area contributed by atoms with Crippen molar-refractivity contribution in [3.05, 3.63) is 34.6 Å². The maximum atomic E-state index is 12.6. The average molecular weight is 255 g/mol. The number of halogens is 5. The van der Waals surface area contributed by atoms with Gasteiger partial charge in [0.25, 0.3) is 0 Å². The fourth-order valence-corrected chi connectivity index (χ4v) is 1.38. The zero-order valence-corrected chi connectivity index (χ0v) is 8.70. The summed E-state index contributed by atoms with van der Waals surface area (Å²) in [7, 11) is 0. The number of Topliss-reactive ketones (excluding diaryl/α,β-unsaturated/α-hetero) is 1. The fraction of sp³-hybridized carbons (Fsp3) is 0.300. The molecule has 16 heavy (non-hydrogen) atoms. The van der Waals surface area contributed by atoms with Crippen molar-refractivity contribution in [3.8, 4) is 0 Å². The third-order valence-electron chi connectivity index (χ3n) is 1.87. The Balaban J connectivity index is 2.74. The van der Waals surface area contributed by atoms with Crippen LogP contribution in [0.1, 0.15) is 23.2 Å². The second-order valence-electron chi connectivity index (χ2n) is 3.16. The van der Waals surface area contributed by atoms with E-state index in [1.165, 1.54) is 0 Å². The summed E-state index contributed by atoms with van der Waals surface area (Å²) in [5.41, 5.74) is -0.0904. The van der Waals surface area contributed by atoms with Crippen molar-refractivity contribution in [1.82, 2.24) is 0 Å². The Hall–Kier alpha value is -1.10. The smallest absolute Gasteiger partial charge is 0.294 e. The van der Waals surface area contributed by atoms with Crippen molar-refractivity contribution in [1.29, 1.82) is 0 Å². The Labute approximate surface area is 94.0 Å². The highest BCUT2D eigenvalue weighted by atomic mass is 35.5. The molecule has 0 saturated heterocycles. The predicted octanol–water partition coefficient (Wildman–Crippen LogP) is 4.00. The first-order valence-corrected chi connectivity index (χ1v) is 4.72. The van der Waals surface area contributed by atoms with Crippen LogP contribution in [-0.2, 0) is 0 Å². The van der Waals surface area contributed by atoms with Gasteiger partial charge in [0.1, 0.15) is 5.82 Å². The van der Waals surface area contributed by atoms with E-state index >= 15 is 0 Å². The summed E-state index contributed by atoms with van der Waals surface area (Å²) in [5, 5.41) is -0.174. The molecule has 0 amide bonds. The van der Waals surface area contributed by atoms with Crippen LogP contribution in [0.15, 0.2) is 18.2 Å². The molecule has 0 aromatic heterocycles. The molecule has 1 aromatic carbocycles. The monoisotopic (exact) mass is 254 g/mol. The first kappa shape index (κ1) is 13.0. The van der Waals surface area contributed by atoms with Crippen molar-refractivity contribution >= 4 is 17.4 Å². The summed E-state index contributed by atoms with van der Waals surface area (Å²) in [6.07, 6.45) is -6.28. The molecule has 0 N–H and O–H groups in total. The van der Waals surface area contributed by atoms with E-state index in [4.69, 9.17) is 11.6 Å². The molecule has 0 spiro atoms. The minimum Gasteiger partial charge on any atom is -0.294 e. The summed E-state index contributed by atoms with van der Waals surface area (Å²) in [4.78, 5) is 11.3. The van der Waals surface area contributed by atoms with Crippen molar-refractivity contribution in [2.75, 3.05) is 0 Å². The van der Waals surface area contributed by atoms with Crippen LogP contribution in [0.3, 0.4) is 0 Å². The second kappa shape index (κ2) is 4.82. The number of benzene rings is 1. The molecule has 1 rings (SSSR count). The van der Waals surface area contributed by atoms with E-state index in [1.807, 2.05) is 0 Å². The highest BCUT2D eigenvalue weighted by molar-refractivity contribution is 6.33. The molecule has 0 saturated carbocycles. The van der Waals surface area contributed by atoms with Crippen LogP contribution in [0.2, 0.25) is 5.02 Å². The minimum absolute atomic E-state index is 0.0904. The van der Waals surface area contributed by atoms with Crippen molar-refractivity contribution in [3.63, 3.8) is 0 Å². The van der Waals surface area contributed by atoms with Crippen molar-refractivity contribution < 1.29 is 22.4 Å². The lowest BCUT2D eigenvalue weighted by Gasteiger charge is -2.06. The van der Waals surface area contributed by atoms with E-state index in [-0.39, 0.29) is 10.6 Å². The fourth-order valence-electron chi connectivity index (χ4n) is 1.11. The first-order valence-electron chi connectivity index (χ1n) is 4.34. The number of alkyl halides is 3. The highest BCUT2D eigenvalue weighted by Crippen LogP contribution is 2.25. The van der Waals surface area contributed by atoms with Crippen LogP contribution in [0.4, 0.5) is 17.6 Å². The lowest BCUT2D eigenvalue weighted by molar-refractivity contribution is -0.133. The number of ketones is 1. The number of hydrogen-bond acceptors (Lipinski definition) is 1. The molecule has 0 bridgehead atoms. The molecule has 1 nitrogen and oxygen atoms in total. The van der Waals surface area contributed by atoms with Gasteiger partial charge in [-0.25, -0.2) is 4.39 Å². The van der Waals surface area contributed by atoms with Gasteiger partial charge in [-0.15, -0.1) is 0 Å². The van der Waals surface area contributed by atoms with Gasteiger partial charge in [0.15, 0.2) is 5.78 Å². The maximum absolute atomic E-state index is 12.6. The molecule has 6 heteroatoms. The molecule has 88 valence electrons. The topological polar surface area (TPSA) is 17.1 Å². The van der Waals surface area contributed by atoms with Crippen LogP contribution < -0.4 is 0 Å². The SMILES string of the molecule is O=C(CCC(F)(F)F)c1ccc(F)cc1Cl. The van der Waals surface area contributed by atoms with Gasteiger partial charge in [0.05, 0.1) is 11.4 Å². The lowest BCUT2D eigenvalue weighted by Crippen LogP contribution is -2.11. The van der Waals surface area contributed by atoms with Gasteiger partial charge in [0, 0.05) is 12.0 Å². The third-order valence-corrected chi connectivity index (χ3v) is 2.18. The Kier molecular flexibility index (Phi) is 3.91. The maximum Gasteiger partial charge on any atom is 0.389 e. The number of carbonyl (C=O) groups is 1. The summed E-state index contributed by atoms with van der Waals surface area (Å²) in [6, 6.07) is 2.95. The number of hydrogen-bond donors (Lipinski definition) is 0. The van der Waals surface area contributed by atoms with E-state index in [9.17, 15) is 22.4 Å². The van der Waals surface area contributed by atoms with E-state index in [2.05, 4.69) is 0 Å². The van der Waals surface area contributed by atoms with Gasteiger partial charge >= 0.3 is 6.18 Å². The molecule has 1 aromatic rings. The summed E-state index contributed by atoms with van der Waals surface area (Å²) < 4.78 is 48.2. The highest BCUT2D eigenvalue weighted by Gasteiger charge is 2.28. The molecule has 0 atom stereocenters. The molecule has 0 aliphatic carbocycles. The van der Waals surface area contributed by atoms with E-state index in [0.717, 1.165) is 18.2 Å². The molecule has 0 aliphatic rings. The third kappa shape index (κ3) is 3.81. The summed E-state index contributed by atoms with van der Waals surface area (Å²) in [6.45, 7) is 0. The zero-order chi connectivity index (χ0) is 12.3. The Bertz CT molecular complexity index is 400. The van der Waals surface area contributed by atoms with Gasteiger partial charge in [-0.3, -0.25) is 4.79 Å². The molecule has 0 fully saturated rings. The van der Waals surface area contributed by atoms with Crippen LogP contribution >= 0.6 is 11.6 Å². The van der Waals surface area contributed by atoms with Gasteiger partial charge in [-0.05, 0) is 18.2 Å². The summed E-state index contributed by atoms with van der Waals surface area (Å²) in [5.74, 6) is -1.39. The second-order valence-corrected chi connectivity index (χ2v) is 3.57. The summed E-state index contributed by atoms with van der Waals surface area (Å²) >= 11 is 5.53. The normalized spacial score (nSPS) is 11.6. The van der Waals surface area contributed by atoms with E-state index in [0.29, 0.717) is 0 Å². The lowest BCUT2D eigenvalue weighted by atomic mass is 10.1. The van der Waals surface area contributed by atoms with Crippen LogP contribution in [0.5, 0.6) is 0 Å². The van der Waals surface area contributed by atoms with E-state index < -0.39 is 30.6 Å². The quantitative estimate of drug-likeness (QED) is 0.588. The Morgan fingerprint density at radius 1 is 1.31 bits per heavy atom. The minimum atomic E-state index is -4.39. The van der Waals surface area contributed by atoms with Crippen molar-refractivity contribution in [2.45, 2.75) is 19.0 Å². The first-order chi connectivity index (χ1) is 7.29. The van der Waals surface area contributed by atoms with Crippen LogP contribution in [0, 0.1) is 5.82 Å². The number of carbonyl (C=O) groups excluding carboxylic acids is 1. The standard InChI is InChI=1S/C10H7ClF4O/c11-8-5-6(12)1-2-7(8)9(16)3-4-10(13,14)15/h1-2,5H,3-4H2. The van der Waals surface area contributed by atoms with Crippen LogP contribution in [0.25, 0.3) is 0 Å². The van der Waals surface area contributed by atoms with Crippen molar-refractivity contribution in [2.24, 2.45) is 0 Å². The predicted molar refractivity (Wildman–Crippen MR) is 51.0 cm³/mol. The number of rotatable bonds is 3. The molecule has 0 aliphatic heterocycles. The molecule has 0 heterocycles. The molecular formula is C10H7ClF4O. The van der Waals surface area contributed by atoms with Gasteiger partial charge < -0.3 is 0 Å².